The summed E-state index contributed by atoms with van der Waals surface area (Å²) in [5, 5.41) is 3.01. The van der Waals surface area contributed by atoms with E-state index in [1.807, 2.05) is 12.1 Å². The Kier molecular flexibility index (Phi) is 4.17. The Morgan fingerprint density at radius 3 is 2.95 bits per heavy atom. The largest absolute Gasteiger partial charge is 0.376 e. The Bertz CT molecular complexity index is 538. The third-order valence-corrected chi connectivity index (χ3v) is 5.30. The van der Waals surface area contributed by atoms with Crippen molar-refractivity contribution in [3.05, 3.63) is 32.7 Å². The summed E-state index contributed by atoms with van der Waals surface area (Å²) in [6.45, 7) is 0.766. The van der Waals surface area contributed by atoms with Crippen LogP contribution in [-0.4, -0.2) is 30.7 Å². The van der Waals surface area contributed by atoms with Crippen molar-refractivity contribution < 1.29 is 9.53 Å². The van der Waals surface area contributed by atoms with Gasteiger partial charge in [-0.2, -0.15) is 0 Å². The summed E-state index contributed by atoms with van der Waals surface area (Å²) >= 11 is 6.78. The number of amides is 1. The third kappa shape index (κ3) is 2.54. The highest BCUT2D eigenvalue weighted by molar-refractivity contribution is 9.11. The highest BCUT2D eigenvalue weighted by atomic mass is 79.9. The molecule has 1 aromatic carbocycles. The van der Waals surface area contributed by atoms with E-state index in [4.69, 9.17) is 10.5 Å². The monoisotopic (exact) mass is 402 g/mol. The predicted octanol–water partition coefficient (Wildman–Crippen LogP) is 2.45. The Morgan fingerprint density at radius 2 is 2.20 bits per heavy atom. The van der Waals surface area contributed by atoms with Crippen LogP contribution < -0.4 is 11.1 Å². The standard InChI is InChI=1S/C14H16Br2N2O2/c15-7-3-4-8(10(16)6-7)14(19)18-12-11(17)9-2-1-5-20-13(9)12/h3-4,6,9,11-13H,1-2,5,17H2,(H,18,19). The Labute approximate surface area is 134 Å². The summed E-state index contributed by atoms with van der Waals surface area (Å²) < 4.78 is 7.42. The normalized spacial score (nSPS) is 32.1. The van der Waals surface area contributed by atoms with Crippen molar-refractivity contribution in [2.45, 2.75) is 31.0 Å². The SMILES string of the molecule is NC1C2CCCOC2C1NC(=O)c1ccc(Br)cc1Br. The summed E-state index contributed by atoms with van der Waals surface area (Å²) in [6, 6.07) is 5.41. The van der Waals surface area contributed by atoms with Crippen LogP contribution in [0, 0.1) is 5.92 Å². The molecular weight excluding hydrogens is 388 g/mol. The van der Waals surface area contributed by atoms with Gasteiger partial charge in [0.1, 0.15) is 0 Å². The molecule has 4 atom stereocenters. The van der Waals surface area contributed by atoms with Crippen molar-refractivity contribution in [1.29, 1.82) is 0 Å². The van der Waals surface area contributed by atoms with Crippen LogP contribution in [0.25, 0.3) is 0 Å². The first kappa shape index (κ1) is 14.5. The van der Waals surface area contributed by atoms with Gasteiger partial charge in [-0.1, -0.05) is 15.9 Å². The summed E-state index contributed by atoms with van der Waals surface area (Å²) in [7, 11) is 0. The molecule has 0 bridgehead atoms. The lowest BCUT2D eigenvalue weighted by Crippen LogP contribution is -2.72. The van der Waals surface area contributed by atoms with Crippen molar-refractivity contribution in [3.63, 3.8) is 0 Å². The lowest BCUT2D eigenvalue weighted by molar-refractivity contribution is -0.117. The van der Waals surface area contributed by atoms with Gasteiger partial charge < -0.3 is 15.8 Å². The molecule has 1 amide bonds. The van der Waals surface area contributed by atoms with Gasteiger partial charge in [0, 0.05) is 27.5 Å². The van der Waals surface area contributed by atoms with Gasteiger partial charge in [-0.3, -0.25) is 4.79 Å². The molecule has 2 aliphatic rings. The number of nitrogens with two attached hydrogens (primary N) is 1. The molecule has 4 nitrogen and oxygen atoms in total. The minimum atomic E-state index is -0.113. The molecule has 0 aromatic heterocycles. The predicted molar refractivity (Wildman–Crippen MR) is 83.5 cm³/mol. The zero-order chi connectivity index (χ0) is 14.3. The zero-order valence-electron chi connectivity index (χ0n) is 10.8. The number of hydrogen-bond acceptors (Lipinski definition) is 3. The number of ether oxygens (including phenoxy) is 1. The molecule has 1 saturated heterocycles. The first-order valence-electron chi connectivity index (χ1n) is 6.71. The summed E-state index contributed by atoms with van der Waals surface area (Å²) in [5.41, 5.74) is 6.76. The molecule has 20 heavy (non-hydrogen) atoms. The minimum absolute atomic E-state index is 0.00141. The van der Waals surface area contributed by atoms with Crippen LogP contribution in [0.1, 0.15) is 23.2 Å². The molecule has 1 saturated carbocycles. The fourth-order valence-corrected chi connectivity index (χ4v) is 4.26. The van der Waals surface area contributed by atoms with E-state index in [1.165, 1.54) is 0 Å². The smallest absolute Gasteiger partial charge is 0.252 e. The number of benzene rings is 1. The average Bonchev–Trinajstić information content (AvgIpc) is 2.44. The van der Waals surface area contributed by atoms with Crippen LogP contribution in [0.4, 0.5) is 0 Å². The van der Waals surface area contributed by atoms with E-state index >= 15 is 0 Å². The first-order chi connectivity index (χ1) is 9.58. The fraction of sp³-hybridized carbons (Fsp3) is 0.500. The highest BCUT2D eigenvalue weighted by Gasteiger charge is 2.51. The van der Waals surface area contributed by atoms with E-state index in [9.17, 15) is 4.79 Å². The van der Waals surface area contributed by atoms with Crippen molar-refractivity contribution in [3.8, 4) is 0 Å². The van der Waals surface area contributed by atoms with Crippen molar-refractivity contribution in [2.75, 3.05) is 6.61 Å². The molecular formula is C14H16Br2N2O2. The molecule has 0 spiro atoms. The number of fused-ring (bicyclic) bond motifs is 1. The molecule has 6 heteroatoms. The molecule has 1 aliphatic heterocycles. The minimum Gasteiger partial charge on any atom is -0.376 e. The fourth-order valence-electron chi connectivity index (χ4n) is 3.03. The van der Waals surface area contributed by atoms with Crippen LogP contribution in [0.3, 0.4) is 0 Å². The molecule has 1 aliphatic carbocycles. The lowest BCUT2D eigenvalue weighted by Gasteiger charge is -2.52. The van der Waals surface area contributed by atoms with E-state index in [-0.39, 0.29) is 24.1 Å². The molecule has 1 aromatic rings. The summed E-state index contributed by atoms with van der Waals surface area (Å²) in [5.74, 6) is 0.278. The van der Waals surface area contributed by atoms with Crippen LogP contribution in [0.15, 0.2) is 27.1 Å². The highest BCUT2D eigenvalue weighted by Crippen LogP contribution is 2.37. The van der Waals surface area contributed by atoms with Crippen LogP contribution in [0.2, 0.25) is 0 Å². The van der Waals surface area contributed by atoms with Crippen molar-refractivity contribution >= 4 is 37.8 Å². The Hall–Kier alpha value is -0.430. The number of carbonyl (C=O) groups is 1. The lowest BCUT2D eigenvalue weighted by atomic mass is 9.68. The summed E-state index contributed by atoms with van der Waals surface area (Å²) in [6.07, 6.45) is 2.24. The van der Waals surface area contributed by atoms with Gasteiger partial charge in [0.15, 0.2) is 0 Å². The maximum Gasteiger partial charge on any atom is 0.252 e. The van der Waals surface area contributed by atoms with Crippen molar-refractivity contribution in [2.24, 2.45) is 11.7 Å². The number of halogens is 2. The number of nitrogens with one attached hydrogen (secondary N) is 1. The topological polar surface area (TPSA) is 64.3 Å². The number of rotatable bonds is 2. The van der Waals surface area contributed by atoms with Gasteiger partial charge in [-0.25, -0.2) is 0 Å². The maximum absolute atomic E-state index is 12.3. The average molecular weight is 404 g/mol. The molecule has 108 valence electrons. The summed E-state index contributed by atoms with van der Waals surface area (Å²) in [4.78, 5) is 12.3. The molecule has 2 fully saturated rings. The van der Waals surface area contributed by atoms with Gasteiger partial charge in [-0.05, 0) is 47.0 Å². The van der Waals surface area contributed by atoms with E-state index in [0.717, 1.165) is 28.4 Å². The van der Waals surface area contributed by atoms with Gasteiger partial charge >= 0.3 is 0 Å². The molecule has 0 radical (unpaired) electrons. The third-order valence-electron chi connectivity index (χ3n) is 4.15. The molecule has 1 heterocycles. The second kappa shape index (κ2) is 5.75. The second-order valence-electron chi connectivity index (χ2n) is 5.34. The van der Waals surface area contributed by atoms with Crippen LogP contribution >= 0.6 is 31.9 Å². The van der Waals surface area contributed by atoms with Crippen LogP contribution in [-0.2, 0) is 4.74 Å². The van der Waals surface area contributed by atoms with E-state index in [0.29, 0.717) is 11.5 Å². The van der Waals surface area contributed by atoms with Gasteiger partial charge in [0.05, 0.1) is 17.7 Å². The van der Waals surface area contributed by atoms with Crippen LogP contribution in [0.5, 0.6) is 0 Å². The van der Waals surface area contributed by atoms with Gasteiger partial charge in [-0.15, -0.1) is 0 Å². The Balaban J connectivity index is 1.70. The number of carbonyl (C=O) groups excluding carboxylic acids is 1. The maximum atomic E-state index is 12.3. The quantitative estimate of drug-likeness (QED) is 0.797. The number of hydrogen-bond donors (Lipinski definition) is 2. The van der Waals surface area contributed by atoms with Gasteiger partial charge in [0.25, 0.3) is 5.91 Å². The Morgan fingerprint density at radius 1 is 1.40 bits per heavy atom. The van der Waals surface area contributed by atoms with Crippen molar-refractivity contribution in [1.82, 2.24) is 5.32 Å². The van der Waals surface area contributed by atoms with E-state index in [1.54, 1.807) is 6.07 Å². The van der Waals surface area contributed by atoms with E-state index < -0.39 is 0 Å². The molecule has 3 N–H and O–H groups in total. The second-order valence-corrected chi connectivity index (χ2v) is 7.11. The first-order valence-corrected chi connectivity index (χ1v) is 8.29. The zero-order valence-corrected chi connectivity index (χ0v) is 14.0. The molecule has 3 rings (SSSR count). The molecule has 4 unspecified atom stereocenters. The van der Waals surface area contributed by atoms with Gasteiger partial charge in [0.2, 0.25) is 0 Å². The van der Waals surface area contributed by atoms with E-state index in [2.05, 4.69) is 37.2 Å².